The van der Waals surface area contributed by atoms with E-state index >= 15 is 0 Å². The standard InChI is InChI=1S/C21H31F2N5O3/c1-3-4-18(29)26-12-7-15-17(13-26)27(30)20(14-5-9-21(22,23)10-6-14)24-19(15)16-8-11-25(2)28(16)31/h14-17,19-20,24H,5-13H2,1-2H3/q+2. The Hall–Kier alpha value is -2.15. The topological polar surface area (TPSA) is 75.7 Å². The van der Waals surface area contributed by atoms with Crippen LogP contribution >= 0.6 is 0 Å². The predicted octanol–water partition coefficient (Wildman–Crippen LogP) is 1.53. The number of nitrogens with one attached hydrogen (secondary N) is 1. The van der Waals surface area contributed by atoms with E-state index in [0.717, 1.165) is 9.63 Å². The zero-order valence-corrected chi connectivity index (χ0v) is 18.1. The number of nitroso groups, excluding NO2 is 2. The maximum atomic E-state index is 13.7. The van der Waals surface area contributed by atoms with E-state index < -0.39 is 18.1 Å². The number of amides is 1. The summed E-state index contributed by atoms with van der Waals surface area (Å²) in [7, 11) is 1.75. The molecule has 31 heavy (non-hydrogen) atoms. The third-order valence-corrected chi connectivity index (χ3v) is 7.57. The Morgan fingerprint density at radius 3 is 2.42 bits per heavy atom. The lowest BCUT2D eigenvalue weighted by Crippen LogP contribution is -2.70. The van der Waals surface area contributed by atoms with Crippen LogP contribution < -0.4 is 5.32 Å². The first kappa shape index (κ1) is 22.1. The van der Waals surface area contributed by atoms with E-state index in [4.69, 9.17) is 0 Å². The number of halogens is 2. The second-order valence-electron chi connectivity index (χ2n) is 9.38. The fourth-order valence-electron chi connectivity index (χ4n) is 5.83. The number of nitrogens with zero attached hydrogens (tertiary/aromatic N) is 4. The summed E-state index contributed by atoms with van der Waals surface area (Å²) in [6.07, 6.45) is 0.736. The summed E-state index contributed by atoms with van der Waals surface area (Å²) in [5.41, 5.74) is 0. The number of fused-ring (bicyclic) bond motifs is 1. The van der Waals surface area contributed by atoms with Gasteiger partial charge in [-0.25, -0.2) is 14.1 Å². The predicted molar refractivity (Wildman–Crippen MR) is 108 cm³/mol. The molecule has 5 unspecified atom stereocenters. The summed E-state index contributed by atoms with van der Waals surface area (Å²) in [6.45, 7) is 2.98. The van der Waals surface area contributed by atoms with Crippen LogP contribution in [-0.2, 0) is 4.79 Å². The quantitative estimate of drug-likeness (QED) is 0.522. The van der Waals surface area contributed by atoms with Crippen LogP contribution in [0.1, 0.15) is 45.4 Å². The number of hydrogen-bond acceptors (Lipinski definition) is 4. The molecule has 0 aromatic rings. The number of rotatable bonds is 2. The van der Waals surface area contributed by atoms with Crippen LogP contribution in [0.2, 0.25) is 0 Å². The maximum Gasteiger partial charge on any atom is 0.298 e. The second kappa shape index (κ2) is 8.41. The Labute approximate surface area is 180 Å². The van der Waals surface area contributed by atoms with Gasteiger partial charge in [0.1, 0.15) is 4.87 Å². The number of carbonyl (C=O) groups excluding carboxylic acids is 1. The van der Waals surface area contributed by atoms with Crippen molar-refractivity contribution in [3.05, 3.63) is 9.81 Å². The summed E-state index contributed by atoms with van der Waals surface area (Å²) in [5.74, 6) is 1.88. The Morgan fingerprint density at radius 1 is 1.10 bits per heavy atom. The van der Waals surface area contributed by atoms with Gasteiger partial charge in [0.25, 0.3) is 18.1 Å². The van der Waals surface area contributed by atoms with Gasteiger partial charge in [0.15, 0.2) is 0 Å². The van der Waals surface area contributed by atoms with Crippen LogP contribution in [0.3, 0.4) is 0 Å². The summed E-state index contributed by atoms with van der Waals surface area (Å²) >= 11 is 0. The molecule has 4 fully saturated rings. The molecule has 1 saturated carbocycles. The number of hydrogen-bond donors (Lipinski definition) is 1. The summed E-state index contributed by atoms with van der Waals surface area (Å²) in [6, 6.07) is -1.01. The lowest BCUT2D eigenvalue weighted by molar-refractivity contribution is -0.717. The molecular formula is C21H31F2N5O3+2. The van der Waals surface area contributed by atoms with E-state index in [2.05, 4.69) is 17.2 Å². The lowest BCUT2D eigenvalue weighted by atomic mass is 9.76. The van der Waals surface area contributed by atoms with Gasteiger partial charge in [-0.15, -0.1) is 5.01 Å². The van der Waals surface area contributed by atoms with E-state index in [1.807, 2.05) is 0 Å². The summed E-state index contributed by atoms with van der Waals surface area (Å²) < 4.78 is 28.4. The van der Waals surface area contributed by atoms with Gasteiger partial charge in [0, 0.05) is 41.4 Å². The van der Waals surface area contributed by atoms with Crippen LogP contribution in [0.5, 0.6) is 0 Å². The maximum absolute atomic E-state index is 13.7. The molecule has 1 aliphatic carbocycles. The molecule has 0 bridgehead atoms. The van der Waals surface area contributed by atoms with Crippen molar-refractivity contribution in [1.29, 1.82) is 0 Å². The summed E-state index contributed by atoms with van der Waals surface area (Å²) in [5, 5.41) is 5.07. The molecule has 1 amide bonds. The van der Waals surface area contributed by atoms with Crippen molar-refractivity contribution in [2.24, 2.45) is 11.8 Å². The van der Waals surface area contributed by atoms with Gasteiger partial charge in [-0.2, -0.15) is 0 Å². The van der Waals surface area contributed by atoms with Crippen molar-refractivity contribution in [2.75, 3.05) is 26.7 Å². The molecule has 3 aliphatic heterocycles. The molecule has 5 atom stereocenters. The van der Waals surface area contributed by atoms with Gasteiger partial charge in [-0.05, 0) is 32.1 Å². The number of piperidine rings is 1. The highest BCUT2D eigenvalue weighted by Crippen LogP contribution is 2.41. The van der Waals surface area contributed by atoms with Crippen LogP contribution in [0.15, 0.2) is 0 Å². The normalized spacial score (nSPS) is 36.1. The minimum atomic E-state index is -2.67. The monoisotopic (exact) mass is 439 g/mol. The summed E-state index contributed by atoms with van der Waals surface area (Å²) in [4.78, 5) is 41.1. The molecule has 0 aromatic heterocycles. The molecule has 4 rings (SSSR count). The number of hydrazine groups is 1. The molecule has 0 radical (unpaired) electrons. The van der Waals surface area contributed by atoms with Crippen molar-refractivity contribution in [1.82, 2.24) is 15.2 Å². The van der Waals surface area contributed by atoms with Crippen LogP contribution in [-0.4, -0.2) is 82.3 Å². The van der Waals surface area contributed by atoms with Crippen molar-refractivity contribution >= 4 is 5.91 Å². The lowest BCUT2D eigenvalue weighted by Gasteiger charge is -2.44. The van der Waals surface area contributed by atoms with Crippen molar-refractivity contribution in [3.63, 3.8) is 0 Å². The van der Waals surface area contributed by atoms with E-state index in [9.17, 15) is 23.4 Å². The van der Waals surface area contributed by atoms with Crippen LogP contribution in [0.25, 0.3) is 0 Å². The molecule has 3 saturated heterocycles. The van der Waals surface area contributed by atoms with Crippen molar-refractivity contribution in [2.45, 2.75) is 75.7 Å². The second-order valence-corrected chi connectivity index (χ2v) is 9.38. The first-order chi connectivity index (χ1) is 14.7. The SMILES string of the molecule is CC#CC(=O)N1CCC2C(C3CCN(C)[N+]3=O)NC(C3CCC(F)(F)CC3)[N+](=O)C2C1. The number of carbonyl (C=O) groups is 1. The number of likely N-dealkylation sites (tertiary alicyclic amines) is 1. The third-order valence-electron chi connectivity index (χ3n) is 7.57. The molecular weight excluding hydrogens is 408 g/mol. The van der Waals surface area contributed by atoms with Gasteiger partial charge >= 0.3 is 0 Å². The molecule has 4 aliphatic rings. The van der Waals surface area contributed by atoms with Gasteiger partial charge in [0.05, 0.1) is 37.0 Å². The zero-order chi connectivity index (χ0) is 22.3. The van der Waals surface area contributed by atoms with E-state index in [-0.39, 0.29) is 62.1 Å². The smallest absolute Gasteiger partial charge is 0.298 e. The molecule has 170 valence electrons. The molecule has 1 N–H and O–H groups in total. The van der Waals surface area contributed by atoms with Gasteiger partial charge < -0.3 is 4.90 Å². The molecule has 3 heterocycles. The van der Waals surface area contributed by atoms with Crippen molar-refractivity contribution in [3.8, 4) is 11.8 Å². The highest BCUT2D eigenvalue weighted by molar-refractivity contribution is 5.93. The van der Waals surface area contributed by atoms with Gasteiger partial charge in [-0.3, -0.25) is 4.79 Å². The highest BCUT2D eigenvalue weighted by atomic mass is 19.3. The Morgan fingerprint density at radius 2 is 1.81 bits per heavy atom. The minimum absolute atomic E-state index is 0.0923. The van der Waals surface area contributed by atoms with Crippen LogP contribution in [0.4, 0.5) is 8.78 Å². The zero-order valence-electron chi connectivity index (χ0n) is 18.1. The Balaban J connectivity index is 1.59. The average molecular weight is 440 g/mol. The van der Waals surface area contributed by atoms with E-state index in [1.54, 1.807) is 23.9 Å². The first-order valence-electron chi connectivity index (χ1n) is 11.2. The largest absolute Gasteiger partial charge is 0.325 e. The molecule has 8 nitrogen and oxygen atoms in total. The molecule has 0 aromatic carbocycles. The van der Waals surface area contributed by atoms with E-state index in [0.29, 0.717) is 25.9 Å². The molecule has 0 spiro atoms. The fraction of sp³-hybridized carbons (Fsp3) is 0.857. The Kier molecular flexibility index (Phi) is 5.99. The van der Waals surface area contributed by atoms with Gasteiger partial charge in [0.2, 0.25) is 12.0 Å². The van der Waals surface area contributed by atoms with Gasteiger partial charge in [-0.1, -0.05) is 5.92 Å². The third kappa shape index (κ3) is 4.16. The van der Waals surface area contributed by atoms with Crippen molar-refractivity contribution < 1.29 is 23.2 Å². The number of alkyl halides is 2. The first-order valence-corrected chi connectivity index (χ1v) is 11.2. The van der Waals surface area contributed by atoms with E-state index in [1.165, 1.54) is 0 Å². The fourth-order valence-corrected chi connectivity index (χ4v) is 5.83. The highest BCUT2D eigenvalue weighted by Gasteiger charge is 2.61. The minimum Gasteiger partial charge on any atom is -0.325 e. The van der Waals surface area contributed by atoms with Crippen LogP contribution in [0, 0.1) is 33.5 Å². The Bertz CT molecular complexity index is 816. The molecule has 10 heteroatoms. The average Bonchev–Trinajstić information content (AvgIpc) is 3.07.